The van der Waals surface area contributed by atoms with Crippen molar-refractivity contribution in [2.75, 3.05) is 6.61 Å². The van der Waals surface area contributed by atoms with Crippen molar-refractivity contribution in [1.82, 2.24) is 10.6 Å². The van der Waals surface area contributed by atoms with Gasteiger partial charge in [0.05, 0.1) is 22.7 Å². The van der Waals surface area contributed by atoms with Crippen LogP contribution < -0.4 is 10.6 Å². The summed E-state index contributed by atoms with van der Waals surface area (Å²) in [4.78, 5) is 25.3. The molecule has 1 fully saturated rings. The third-order valence-corrected chi connectivity index (χ3v) is 4.94. The number of benzene rings is 1. The predicted octanol–water partition coefficient (Wildman–Crippen LogP) is 3.82. The molecule has 1 saturated heterocycles. The van der Waals surface area contributed by atoms with Crippen LogP contribution in [0.25, 0.3) is 0 Å². The average molecular weight is 401 g/mol. The fourth-order valence-electron chi connectivity index (χ4n) is 3.03. The minimum absolute atomic E-state index is 0.0278. The summed E-state index contributed by atoms with van der Waals surface area (Å²) >= 11 is 12.0. The Kier molecular flexibility index (Phi) is 7.74. The van der Waals surface area contributed by atoms with Gasteiger partial charge in [-0.1, -0.05) is 37.0 Å². The van der Waals surface area contributed by atoms with Crippen LogP contribution in [0, 0.1) is 5.92 Å². The molecule has 1 aromatic carbocycles. The molecular formula is C19H26Cl2N2O3. The number of nitrogens with one attached hydrogen (secondary N) is 2. The SMILES string of the molecule is CC(C)CC(NC(=O)c1ccc(Cl)cc1Cl)C(=O)NC(C)C1CCCO1. The van der Waals surface area contributed by atoms with Crippen LogP contribution in [0.3, 0.4) is 0 Å². The summed E-state index contributed by atoms with van der Waals surface area (Å²) in [5.74, 6) is -0.359. The maximum atomic E-state index is 12.7. The highest BCUT2D eigenvalue weighted by atomic mass is 35.5. The summed E-state index contributed by atoms with van der Waals surface area (Å²) in [5, 5.41) is 6.48. The number of hydrogen-bond donors (Lipinski definition) is 2. The number of rotatable bonds is 7. The van der Waals surface area contributed by atoms with E-state index in [2.05, 4.69) is 10.6 Å². The fraction of sp³-hybridized carbons (Fsp3) is 0.579. The second-order valence-corrected chi connectivity index (χ2v) is 7.97. The lowest BCUT2D eigenvalue weighted by atomic mass is 10.0. The van der Waals surface area contributed by atoms with Crippen LogP contribution in [0.5, 0.6) is 0 Å². The standard InChI is InChI=1S/C19H26Cl2N2O3/c1-11(2)9-16(19(25)22-12(3)17-5-4-8-26-17)23-18(24)14-7-6-13(20)10-15(14)21/h6-7,10-12,16-17H,4-5,8-9H2,1-3H3,(H,22,25)(H,23,24). The second kappa shape index (κ2) is 9.58. The van der Waals surface area contributed by atoms with E-state index in [1.165, 1.54) is 6.07 Å². The van der Waals surface area contributed by atoms with E-state index in [0.717, 1.165) is 19.4 Å². The van der Waals surface area contributed by atoms with Crippen molar-refractivity contribution in [2.45, 2.75) is 58.2 Å². The molecule has 0 aliphatic carbocycles. The summed E-state index contributed by atoms with van der Waals surface area (Å²) in [5.41, 5.74) is 0.296. The zero-order valence-corrected chi connectivity index (χ0v) is 16.9. The Morgan fingerprint density at radius 1 is 1.23 bits per heavy atom. The topological polar surface area (TPSA) is 67.4 Å². The molecular weight excluding hydrogens is 375 g/mol. The highest BCUT2D eigenvalue weighted by Crippen LogP contribution is 2.21. The molecule has 3 atom stereocenters. The lowest BCUT2D eigenvalue weighted by Crippen LogP contribution is -2.52. The molecule has 0 aromatic heterocycles. The molecule has 0 spiro atoms. The van der Waals surface area contributed by atoms with Gasteiger partial charge < -0.3 is 15.4 Å². The lowest BCUT2D eigenvalue weighted by Gasteiger charge is -2.25. The second-order valence-electron chi connectivity index (χ2n) is 7.13. The third kappa shape index (κ3) is 5.86. The minimum Gasteiger partial charge on any atom is -0.376 e. The molecule has 5 nitrogen and oxygen atoms in total. The Morgan fingerprint density at radius 3 is 2.54 bits per heavy atom. The lowest BCUT2D eigenvalue weighted by molar-refractivity contribution is -0.124. The highest BCUT2D eigenvalue weighted by Gasteiger charge is 2.28. The van der Waals surface area contributed by atoms with E-state index in [1.807, 2.05) is 20.8 Å². The van der Waals surface area contributed by atoms with Crippen molar-refractivity contribution in [2.24, 2.45) is 5.92 Å². The third-order valence-electron chi connectivity index (χ3n) is 4.40. The summed E-state index contributed by atoms with van der Waals surface area (Å²) < 4.78 is 5.62. The summed E-state index contributed by atoms with van der Waals surface area (Å²) in [7, 11) is 0. The Bertz CT molecular complexity index is 646. The Morgan fingerprint density at radius 2 is 1.96 bits per heavy atom. The zero-order valence-electron chi connectivity index (χ0n) is 15.4. The number of amides is 2. The van der Waals surface area contributed by atoms with E-state index in [9.17, 15) is 9.59 Å². The van der Waals surface area contributed by atoms with Crippen molar-refractivity contribution in [3.63, 3.8) is 0 Å². The predicted molar refractivity (Wildman–Crippen MR) is 104 cm³/mol. The van der Waals surface area contributed by atoms with E-state index >= 15 is 0 Å². The number of carbonyl (C=O) groups is 2. The van der Waals surface area contributed by atoms with Crippen molar-refractivity contribution >= 4 is 35.0 Å². The largest absolute Gasteiger partial charge is 0.376 e. The van der Waals surface area contributed by atoms with Gasteiger partial charge in [-0.15, -0.1) is 0 Å². The molecule has 1 aromatic rings. The normalized spacial score (nSPS) is 19.2. The van der Waals surface area contributed by atoms with Gasteiger partial charge in [-0.2, -0.15) is 0 Å². The van der Waals surface area contributed by atoms with Crippen LogP contribution >= 0.6 is 23.2 Å². The van der Waals surface area contributed by atoms with Crippen LogP contribution in [0.15, 0.2) is 18.2 Å². The highest BCUT2D eigenvalue weighted by molar-refractivity contribution is 6.36. The van der Waals surface area contributed by atoms with Crippen molar-refractivity contribution in [3.8, 4) is 0 Å². The van der Waals surface area contributed by atoms with Gasteiger partial charge in [0.15, 0.2) is 0 Å². The van der Waals surface area contributed by atoms with Gasteiger partial charge in [0.25, 0.3) is 5.91 Å². The van der Waals surface area contributed by atoms with Crippen LogP contribution in [0.4, 0.5) is 0 Å². The van der Waals surface area contributed by atoms with E-state index in [0.29, 0.717) is 17.0 Å². The van der Waals surface area contributed by atoms with E-state index in [-0.39, 0.29) is 29.0 Å². The van der Waals surface area contributed by atoms with Gasteiger partial charge in [0.1, 0.15) is 6.04 Å². The first-order valence-electron chi connectivity index (χ1n) is 8.95. The van der Waals surface area contributed by atoms with Crippen LogP contribution in [0.2, 0.25) is 10.0 Å². The van der Waals surface area contributed by atoms with Gasteiger partial charge in [0, 0.05) is 11.6 Å². The summed E-state index contributed by atoms with van der Waals surface area (Å²) in [6.45, 7) is 6.67. The molecule has 0 bridgehead atoms. The van der Waals surface area contributed by atoms with Crippen molar-refractivity contribution < 1.29 is 14.3 Å². The number of carbonyl (C=O) groups excluding carboxylic acids is 2. The Hall–Kier alpha value is -1.30. The number of ether oxygens (including phenoxy) is 1. The van der Waals surface area contributed by atoms with Crippen molar-refractivity contribution in [1.29, 1.82) is 0 Å². The molecule has 144 valence electrons. The van der Waals surface area contributed by atoms with Gasteiger partial charge in [-0.05, 0) is 50.3 Å². The molecule has 7 heteroatoms. The molecule has 1 aliphatic rings. The molecule has 2 amide bonds. The van der Waals surface area contributed by atoms with Crippen LogP contribution in [-0.4, -0.2) is 36.6 Å². The first kappa shape index (κ1) is 21.0. The molecule has 0 saturated carbocycles. The van der Waals surface area contributed by atoms with E-state index in [1.54, 1.807) is 12.1 Å². The fourth-order valence-corrected chi connectivity index (χ4v) is 3.52. The number of hydrogen-bond acceptors (Lipinski definition) is 3. The quantitative estimate of drug-likeness (QED) is 0.730. The number of halogens is 2. The monoisotopic (exact) mass is 400 g/mol. The zero-order chi connectivity index (χ0) is 19.3. The van der Waals surface area contributed by atoms with Crippen molar-refractivity contribution in [3.05, 3.63) is 33.8 Å². The average Bonchev–Trinajstić information content (AvgIpc) is 3.08. The van der Waals surface area contributed by atoms with Gasteiger partial charge in [0.2, 0.25) is 5.91 Å². The maximum absolute atomic E-state index is 12.7. The van der Waals surface area contributed by atoms with Gasteiger partial charge in [-0.3, -0.25) is 9.59 Å². The molecule has 3 unspecified atom stereocenters. The first-order chi connectivity index (χ1) is 12.3. The molecule has 1 heterocycles. The van der Waals surface area contributed by atoms with Gasteiger partial charge >= 0.3 is 0 Å². The first-order valence-corrected chi connectivity index (χ1v) is 9.71. The van der Waals surface area contributed by atoms with E-state index < -0.39 is 11.9 Å². The van der Waals surface area contributed by atoms with Crippen LogP contribution in [0.1, 0.15) is 50.4 Å². The van der Waals surface area contributed by atoms with Gasteiger partial charge in [-0.25, -0.2) is 0 Å². The molecule has 0 radical (unpaired) electrons. The maximum Gasteiger partial charge on any atom is 0.253 e. The molecule has 1 aliphatic heterocycles. The van der Waals surface area contributed by atoms with E-state index in [4.69, 9.17) is 27.9 Å². The Balaban J connectivity index is 2.05. The minimum atomic E-state index is -0.641. The summed E-state index contributed by atoms with van der Waals surface area (Å²) in [6.07, 6.45) is 2.50. The molecule has 2 rings (SSSR count). The molecule has 2 N–H and O–H groups in total. The summed E-state index contributed by atoms with van der Waals surface area (Å²) in [6, 6.07) is 3.92. The smallest absolute Gasteiger partial charge is 0.253 e. The van der Waals surface area contributed by atoms with Crippen LogP contribution in [-0.2, 0) is 9.53 Å². The molecule has 26 heavy (non-hydrogen) atoms. The Labute approximate surface area is 164 Å².